The quantitative estimate of drug-likeness (QED) is 0.759. The molecule has 0 saturated carbocycles. The number of rotatable bonds is 1. The van der Waals surface area contributed by atoms with Gasteiger partial charge in [0.2, 0.25) is 0 Å². The summed E-state index contributed by atoms with van der Waals surface area (Å²) in [6.07, 6.45) is 0. The first-order valence-electron chi connectivity index (χ1n) is 3.96. The molecule has 0 spiro atoms. The molecule has 0 aliphatic carbocycles. The first-order valence-corrected chi connectivity index (χ1v) is 4.84. The molecule has 0 fully saturated rings. The standard InChI is InChI=1S/C9H10N2OS/c1-5-3-4-13-9(5)8-7(10)6(2)11-12-8/h3-4H,10H2,1-2H3. The minimum Gasteiger partial charge on any atom is -0.394 e. The van der Waals surface area contributed by atoms with Crippen molar-refractivity contribution in [3.05, 3.63) is 22.7 Å². The van der Waals surface area contributed by atoms with Crippen molar-refractivity contribution >= 4 is 17.0 Å². The van der Waals surface area contributed by atoms with Gasteiger partial charge in [-0.3, -0.25) is 0 Å². The topological polar surface area (TPSA) is 52.0 Å². The number of nitrogen functional groups attached to an aromatic ring is 1. The van der Waals surface area contributed by atoms with Crippen molar-refractivity contribution in [2.75, 3.05) is 5.73 Å². The molecule has 2 heterocycles. The van der Waals surface area contributed by atoms with Gasteiger partial charge in [-0.25, -0.2) is 0 Å². The van der Waals surface area contributed by atoms with Crippen LogP contribution in [0.2, 0.25) is 0 Å². The average Bonchev–Trinajstić information content (AvgIpc) is 2.62. The van der Waals surface area contributed by atoms with E-state index in [9.17, 15) is 0 Å². The van der Waals surface area contributed by atoms with Gasteiger partial charge in [-0.15, -0.1) is 11.3 Å². The van der Waals surface area contributed by atoms with E-state index in [0.717, 1.165) is 10.6 Å². The minimum atomic E-state index is 0.644. The third-order valence-corrected chi connectivity index (χ3v) is 2.99. The monoisotopic (exact) mass is 194 g/mol. The number of hydrogen-bond donors (Lipinski definition) is 1. The van der Waals surface area contributed by atoms with Gasteiger partial charge in [0.15, 0.2) is 5.76 Å². The maximum atomic E-state index is 5.81. The van der Waals surface area contributed by atoms with Crippen molar-refractivity contribution in [1.82, 2.24) is 5.16 Å². The van der Waals surface area contributed by atoms with Crippen molar-refractivity contribution in [3.63, 3.8) is 0 Å². The predicted octanol–water partition coefficient (Wildman–Crippen LogP) is 2.60. The molecule has 0 unspecified atom stereocenters. The summed E-state index contributed by atoms with van der Waals surface area (Å²) in [6.45, 7) is 3.87. The second-order valence-electron chi connectivity index (χ2n) is 2.94. The van der Waals surface area contributed by atoms with Crippen LogP contribution < -0.4 is 5.73 Å². The fourth-order valence-electron chi connectivity index (χ4n) is 1.15. The number of nitrogens with two attached hydrogens (primary N) is 1. The lowest BCUT2D eigenvalue weighted by Crippen LogP contribution is -1.87. The number of hydrogen-bond acceptors (Lipinski definition) is 4. The van der Waals surface area contributed by atoms with Gasteiger partial charge in [-0.1, -0.05) is 5.16 Å². The lowest BCUT2D eigenvalue weighted by Gasteiger charge is -1.94. The van der Waals surface area contributed by atoms with E-state index in [4.69, 9.17) is 10.3 Å². The summed E-state index contributed by atoms with van der Waals surface area (Å²) in [4.78, 5) is 1.07. The number of anilines is 1. The largest absolute Gasteiger partial charge is 0.394 e. The Kier molecular flexibility index (Phi) is 1.84. The molecule has 68 valence electrons. The Hall–Kier alpha value is -1.29. The Balaban J connectivity index is 2.59. The molecule has 2 N–H and O–H groups in total. The number of nitrogens with zero attached hydrogens (tertiary/aromatic N) is 1. The number of aromatic nitrogens is 1. The van der Waals surface area contributed by atoms with Gasteiger partial charge >= 0.3 is 0 Å². The maximum Gasteiger partial charge on any atom is 0.200 e. The highest BCUT2D eigenvalue weighted by Crippen LogP contribution is 2.34. The van der Waals surface area contributed by atoms with E-state index in [1.807, 2.05) is 25.3 Å². The molecular weight excluding hydrogens is 184 g/mol. The number of thiophene rings is 1. The highest BCUT2D eigenvalue weighted by molar-refractivity contribution is 7.13. The van der Waals surface area contributed by atoms with Crippen LogP contribution in [0.3, 0.4) is 0 Å². The highest BCUT2D eigenvalue weighted by Gasteiger charge is 2.14. The van der Waals surface area contributed by atoms with Crippen molar-refractivity contribution in [2.45, 2.75) is 13.8 Å². The van der Waals surface area contributed by atoms with Crippen molar-refractivity contribution < 1.29 is 4.52 Å². The molecule has 0 amide bonds. The van der Waals surface area contributed by atoms with Gasteiger partial charge in [0.05, 0.1) is 4.88 Å². The van der Waals surface area contributed by atoms with Crippen molar-refractivity contribution in [2.24, 2.45) is 0 Å². The third kappa shape index (κ3) is 1.23. The predicted molar refractivity (Wildman–Crippen MR) is 53.7 cm³/mol. The summed E-state index contributed by atoms with van der Waals surface area (Å²) in [7, 11) is 0. The van der Waals surface area contributed by atoms with E-state index in [1.54, 1.807) is 11.3 Å². The Morgan fingerprint density at radius 3 is 2.69 bits per heavy atom. The van der Waals surface area contributed by atoms with Gasteiger partial charge in [0.25, 0.3) is 0 Å². The molecule has 0 aliphatic heterocycles. The number of aryl methyl sites for hydroxylation is 2. The zero-order valence-corrected chi connectivity index (χ0v) is 8.31. The lowest BCUT2D eigenvalue weighted by atomic mass is 10.2. The van der Waals surface area contributed by atoms with Gasteiger partial charge < -0.3 is 10.3 Å². The Bertz CT molecular complexity index is 431. The van der Waals surface area contributed by atoms with Gasteiger partial charge in [0, 0.05) is 0 Å². The molecule has 0 atom stereocenters. The van der Waals surface area contributed by atoms with Crippen LogP contribution in [0, 0.1) is 13.8 Å². The zero-order valence-electron chi connectivity index (χ0n) is 7.50. The molecule has 0 aliphatic rings. The van der Waals surface area contributed by atoms with E-state index in [-0.39, 0.29) is 0 Å². The smallest absolute Gasteiger partial charge is 0.200 e. The first-order chi connectivity index (χ1) is 6.20. The van der Waals surface area contributed by atoms with Gasteiger partial charge in [0.1, 0.15) is 11.4 Å². The lowest BCUT2D eigenvalue weighted by molar-refractivity contribution is 0.428. The fourth-order valence-corrected chi connectivity index (χ4v) is 2.06. The Morgan fingerprint density at radius 1 is 1.46 bits per heavy atom. The molecule has 2 aromatic heterocycles. The van der Waals surface area contributed by atoms with E-state index < -0.39 is 0 Å². The molecule has 0 saturated heterocycles. The molecule has 2 rings (SSSR count). The first kappa shape index (κ1) is 8.31. The van der Waals surface area contributed by atoms with Gasteiger partial charge in [-0.05, 0) is 30.9 Å². The summed E-state index contributed by atoms with van der Waals surface area (Å²) in [5.74, 6) is 0.699. The van der Waals surface area contributed by atoms with Crippen LogP contribution in [-0.2, 0) is 0 Å². The second kappa shape index (κ2) is 2.88. The van der Waals surface area contributed by atoms with Crippen molar-refractivity contribution in [1.29, 1.82) is 0 Å². The van der Waals surface area contributed by atoms with E-state index in [1.165, 1.54) is 5.56 Å². The third-order valence-electron chi connectivity index (χ3n) is 1.98. The molecule has 2 aromatic rings. The van der Waals surface area contributed by atoms with Crippen LogP contribution in [0.1, 0.15) is 11.3 Å². The average molecular weight is 194 g/mol. The molecule has 4 heteroatoms. The van der Waals surface area contributed by atoms with E-state index in [0.29, 0.717) is 11.4 Å². The minimum absolute atomic E-state index is 0.644. The normalized spacial score (nSPS) is 10.6. The summed E-state index contributed by atoms with van der Waals surface area (Å²) in [5.41, 5.74) is 8.38. The maximum absolute atomic E-state index is 5.81. The molecular formula is C9H10N2OS. The Labute approximate surface area is 80.2 Å². The molecule has 0 aromatic carbocycles. The summed E-state index contributed by atoms with van der Waals surface area (Å²) in [6, 6.07) is 2.04. The fraction of sp³-hybridized carbons (Fsp3) is 0.222. The SMILES string of the molecule is Cc1ccsc1-c1onc(C)c1N. The van der Waals surface area contributed by atoms with Crippen LogP contribution in [0.5, 0.6) is 0 Å². The summed E-state index contributed by atoms with van der Waals surface area (Å²) >= 11 is 1.62. The Morgan fingerprint density at radius 2 is 2.23 bits per heavy atom. The van der Waals surface area contributed by atoms with Crippen LogP contribution in [-0.4, -0.2) is 5.16 Å². The molecule has 13 heavy (non-hydrogen) atoms. The summed E-state index contributed by atoms with van der Waals surface area (Å²) in [5, 5.41) is 5.84. The highest BCUT2D eigenvalue weighted by atomic mass is 32.1. The van der Waals surface area contributed by atoms with Crippen LogP contribution in [0.25, 0.3) is 10.6 Å². The zero-order chi connectivity index (χ0) is 9.42. The van der Waals surface area contributed by atoms with Gasteiger partial charge in [-0.2, -0.15) is 0 Å². The van der Waals surface area contributed by atoms with Crippen LogP contribution >= 0.6 is 11.3 Å². The molecule has 3 nitrogen and oxygen atoms in total. The molecule has 0 radical (unpaired) electrons. The second-order valence-corrected chi connectivity index (χ2v) is 3.86. The summed E-state index contributed by atoms with van der Waals surface area (Å²) < 4.78 is 5.16. The molecule has 0 bridgehead atoms. The van der Waals surface area contributed by atoms with Crippen LogP contribution in [0.15, 0.2) is 16.0 Å². The van der Waals surface area contributed by atoms with Crippen LogP contribution in [0.4, 0.5) is 5.69 Å². The van der Waals surface area contributed by atoms with E-state index in [2.05, 4.69) is 5.16 Å². The van der Waals surface area contributed by atoms with Crippen molar-refractivity contribution in [3.8, 4) is 10.6 Å². The van der Waals surface area contributed by atoms with E-state index >= 15 is 0 Å².